The summed E-state index contributed by atoms with van der Waals surface area (Å²) in [6.07, 6.45) is 2.08. The minimum Gasteiger partial charge on any atom is -0.507 e. The number of nitrogens with zero attached hydrogens (tertiary/aromatic N) is 1. The Kier molecular flexibility index (Phi) is 6.63. The van der Waals surface area contributed by atoms with Gasteiger partial charge in [0, 0.05) is 10.6 Å². The minimum atomic E-state index is -0.655. The van der Waals surface area contributed by atoms with E-state index < -0.39 is 6.10 Å². The van der Waals surface area contributed by atoms with Crippen LogP contribution in [0.4, 0.5) is 0 Å². The van der Waals surface area contributed by atoms with Crippen LogP contribution in [0.3, 0.4) is 0 Å². The van der Waals surface area contributed by atoms with Crippen LogP contribution in [0.15, 0.2) is 53.6 Å². The van der Waals surface area contributed by atoms with E-state index in [4.69, 9.17) is 16.3 Å². The van der Waals surface area contributed by atoms with Gasteiger partial charge in [0.1, 0.15) is 11.5 Å². The van der Waals surface area contributed by atoms with Crippen molar-refractivity contribution in [3.8, 4) is 11.5 Å². The molecule has 0 bridgehead atoms. The van der Waals surface area contributed by atoms with Crippen LogP contribution >= 0.6 is 11.6 Å². The topological polar surface area (TPSA) is 70.9 Å². The third-order valence-corrected chi connectivity index (χ3v) is 3.50. The number of amides is 1. The van der Waals surface area contributed by atoms with Crippen molar-refractivity contribution in [2.45, 2.75) is 25.9 Å². The van der Waals surface area contributed by atoms with E-state index in [0.717, 1.165) is 6.42 Å². The van der Waals surface area contributed by atoms with E-state index in [1.807, 2.05) is 6.92 Å². The first kappa shape index (κ1) is 17.8. The summed E-state index contributed by atoms with van der Waals surface area (Å²) in [5.74, 6) is 0.314. The van der Waals surface area contributed by atoms with Gasteiger partial charge in [0.15, 0.2) is 6.10 Å². The zero-order valence-corrected chi connectivity index (χ0v) is 14.0. The van der Waals surface area contributed by atoms with Crippen molar-refractivity contribution in [3.63, 3.8) is 0 Å². The van der Waals surface area contributed by atoms with Crippen LogP contribution in [0, 0.1) is 0 Å². The molecule has 1 unspecified atom stereocenters. The lowest BCUT2D eigenvalue weighted by atomic mass is 10.2. The Labute approximate surface area is 145 Å². The fourth-order valence-electron chi connectivity index (χ4n) is 2.02. The molecular formula is C18H19ClN2O3. The number of carbonyl (C=O) groups excluding carboxylic acids is 1. The number of ether oxygens (including phenoxy) is 1. The maximum atomic E-state index is 12.2. The molecule has 1 atom stereocenters. The van der Waals surface area contributed by atoms with Gasteiger partial charge in [0.05, 0.1) is 6.21 Å². The van der Waals surface area contributed by atoms with E-state index in [2.05, 4.69) is 10.5 Å². The summed E-state index contributed by atoms with van der Waals surface area (Å²) in [6.45, 7) is 1.97. The molecule has 0 saturated carbocycles. The minimum absolute atomic E-state index is 0.0954. The molecule has 2 N–H and O–H groups in total. The molecule has 1 amide bonds. The standard InChI is InChI=1S/C18H19ClN2O3/c1-2-5-17(24-15-10-8-14(19)9-11-15)18(23)21-20-12-13-6-3-4-7-16(13)22/h3-4,6-12,17,22H,2,5H2,1H3,(H,21,23). The smallest absolute Gasteiger partial charge is 0.281 e. The Bertz CT molecular complexity index is 702. The van der Waals surface area contributed by atoms with Crippen molar-refractivity contribution in [2.75, 3.05) is 0 Å². The average molecular weight is 347 g/mol. The molecule has 0 aliphatic heterocycles. The molecule has 6 heteroatoms. The van der Waals surface area contributed by atoms with E-state index >= 15 is 0 Å². The summed E-state index contributed by atoms with van der Waals surface area (Å²) >= 11 is 5.84. The molecule has 0 radical (unpaired) electrons. The van der Waals surface area contributed by atoms with Crippen LogP contribution in [0.25, 0.3) is 0 Å². The molecule has 0 heterocycles. The number of benzene rings is 2. The summed E-state index contributed by atoms with van der Waals surface area (Å²) in [7, 11) is 0. The molecule has 0 aliphatic carbocycles. The SMILES string of the molecule is CCCC(Oc1ccc(Cl)cc1)C(=O)NN=Cc1ccccc1O. The number of hydrogen-bond acceptors (Lipinski definition) is 4. The number of para-hydroxylation sites is 1. The highest BCUT2D eigenvalue weighted by Crippen LogP contribution is 2.18. The summed E-state index contributed by atoms with van der Waals surface area (Å²) < 4.78 is 5.70. The first-order valence-electron chi connectivity index (χ1n) is 7.63. The van der Waals surface area contributed by atoms with E-state index in [-0.39, 0.29) is 11.7 Å². The maximum Gasteiger partial charge on any atom is 0.281 e. The van der Waals surface area contributed by atoms with Gasteiger partial charge in [0.25, 0.3) is 5.91 Å². The number of aromatic hydroxyl groups is 1. The number of hydrogen-bond donors (Lipinski definition) is 2. The van der Waals surface area contributed by atoms with Crippen molar-refractivity contribution in [3.05, 3.63) is 59.1 Å². The number of phenols is 1. The second kappa shape index (κ2) is 8.93. The predicted molar refractivity (Wildman–Crippen MR) is 94.6 cm³/mol. The van der Waals surface area contributed by atoms with Gasteiger partial charge in [-0.15, -0.1) is 0 Å². The first-order valence-corrected chi connectivity index (χ1v) is 8.01. The molecule has 0 spiro atoms. The number of halogens is 1. The molecular weight excluding hydrogens is 328 g/mol. The highest BCUT2D eigenvalue weighted by molar-refractivity contribution is 6.30. The van der Waals surface area contributed by atoms with Crippen LogP contribution in [0.1, 0.15) is 25.3 Å². The summed E-state index contributed by atoms with van der Waals surface area (Å²) in [4.78, 5) is 12.2. The lowest BCUT2D eigenvalue weighted by Crippen LogP contribution is -2.35. The van der Waals surface area contributed by atoms with Crippen molar-refractivity contribution < 1.29 is 14.6 Å². The first-order chi connectivity index (χ1) is 11.6. The van der Waals surface area contributed by atoms with Gasteiger partial charge in [-0.1, -0.05) is 37.1 Å². The number of carbonyl (C=O) groups is 1. The normalized spacial score (nSPS) is 12.1. The Balaban J connectivity index is 1.98. The molecule has 126 valence electrons. The van der Waals surface area contributed by atoms with Gasteiger partial charge >= 0.3 is 0 Å². The molecule has 2 aromatic carbocycles. The maximum absolute atomic E-state index is 12.2. The van der Waals surface area contributed by atoms with Crippen LogP contribution in [0.5, 0.6) is 11.5 Å². The van der Waals surface area contributed by atoms with Gasteiger partial charge in [-0.25, -0.2) is 5.43 Å². The average Bonchev–Trinajstić information content (AvgIpc) is 2.58. The van der Waals surface area contributed by atoms with E-state index in [9.17, 15) is 9.90 Å². The number of nitrogens with one attached hydrogen (secondary N) is 1. The van der Waals surface area contributed by atoms with Gasteiger partial charge in [0.2, 0.25) is 0 Å². The van der Waals surface area contributed by atoms with Crippen LogP contribution in [-0.4, -0.2) is 23.3 Å². The molecule has 2 aromatic rings. The zero-order chi connectivity index (χ0) is 17.4. The second-order valence-electron chi connectivity index (χ2n) is 5.14. The van der Waals surface area contributed by atoms with E-state index in [1.165, 1.54) is 6.21 Å². The zero-order valence-electron chi connectivity index (χ0n) is 13.3. The highest BCUT2D eigenvalue weighted by atomic mass is 35.5. The third kappa shape index (κ3) is 5.28. The largest absolute Gasteiger partial charge is 0.507 e. The molecule has 0 aliphatic rings. The van der Waals surface area contributed by atoms with Crippen LogP contribution in [-0.2, 0) is 4.79 Å². The molecule has 0 aromatic heterocycles. The lowest BCUT2D eigenvalue weighted by Gasteiger charge is -2.16. The van der Waals surface area contributed by atoms with Gasteiger partial charge in [-0.05, 0) is 42.8 Å². The van der Waals surface area contributed by atoms with E-state index in [1.54, 1.807) is 48.5 Å². The van der Waals surface area contributed by atoms with Crippen LogP contribution < -0.4 is 10.2 Å². The quantitative estimate of drug-likeness (QED) is 0.592. The summed E-state index contributed by atoms with van der Waals surface area (Å²) in [5.41, 5.74) is 2.96. The number of hydrazone groups is 1. The van der Waals surface area contributed by atoms with Crippen molar-refractivity contribution in [1.29, 1.82) is 0 Å². The predicted octanol–water partition coefficient (Wildman–Crippen LogP) is 3.74. The number of rotatable bonds is 7. The van der Waals surface area contributed by atoms with Gasteiger partial charge in [-0.2, -0.15) is 5.10 Å². The fourth-order valence-corrected chi connectivity index (χ4v) is 2.14. The van der Waals surface area contributed by atoms with Gasteiger partial charge in [-0.3, -0.25) is 4.79 Å². The third-order valence-electron chi connectivity index (χ3n) is 3.25. The van der Waals surface area contributed by atoms with E-state index in [0.29, 0.717) is 22.8 Å². The Hall–Kier alpha value is -2.53. The molecule has 24 heavy (non-hydrogen) atoms. The molecule has 0 fully saturated rings. The molecule has 5 nitrogen and oxygen atoms in total. The van der Waals surface area contributed by atoms with Crippen molar-refractivity contribution >= 4 is 23.7 Å². The fraction of sp³-hybridized carbons (Fsp3) is 0.222. The monoisotopic (exact) mass is 346 g/mol. The van der Waals surface area contributed by atoms with Crippen molar-refractivity contribution in [2.24, 2.45) is 5.10 Å². The highest BCUT2D eigenvalue weighted by Gasteiger charge is 2.19. The second-order valence-corrected chi connectivity index (χ2v) is 5.58. The number of phenolic OH excluding ortho intramolecular Hbond substituents is 1. The Morgan fingerprint density at radius 1 is 1.29 bits per heavy atom. The summed E-state index contributed by atoms with van der Waals surface area (Å²) in [6, 6.07) is 13.6. The molecule has 0 saturated heterocycles. The van der Waals surface area contributed by atoms with Crippen LogP contribution in [0.2, 0.25) is 5.02 Å². The lowest BCUT2D eigenvalue weighted by molar-refractivity contribution is -0.128. The Morgan fingerprint density at radius 2 is 2.00 bits per heavy atom. The van der Waals surface area contributed by atoms with Crippen molar-refractivity contribution in [1.82, 2.24) is 5.43 Å². The molecule has 2 rings (SSSR count). The van der Waals surface area contributed by atoms with Gasteiger partial charge < -0.3 is 9.84 Å². The summed E-state index contributed by atoms with van der Waals surface area (Å²) in [5, 5.41) is 14.1. The Morgan fingerprint density at radius 3 is 2.67 bits per heavy atom.